The summed E-state index contributed by atoms with van der Waals surface area (Å²) in [5, 5.41) is 10.2. The SMILES string of the molecule is COc1cc(C(=O)N(C)C)cnc1-c1cc2ncc(Cl)c(-c3ccc(OC4CCOCC4)c(C#N)c3)c2o1. The van der Waals surface area contributed by atoms with E-state index in [0.717, 1.165) is 12.8 Å². The van der Waals surface area contributed by atoms with Gasteiger partial charge in [0.1, 0.15) is 34.9 Å². The standard InChI is InChI=1S/C28H25ClN4O5/c1-33(2)28(34)18-11-23(35-3)26(32-14-18)24-12-21-27(38-24)25(20(29)15-31-21)16-4-5-22(17(10-16)13-30)37-19-6-8-36-9-7-19/h4-5,10-12,14-15,19H,6-9H2,1-3H3. The third-order valence-corrected chi connectivity index (χ3v) is 6.59. The highest BCUT2D eigenvalue weighted by atomic mass is 35.5. The molecule has 0 spiro atoms. The van der Waals surface area contributed by atoms with E-state index in [0.29, 0.717) is 74.5 Å². The van der Waals surface area contributed by atoms with Crippen molar-refractivity contribution in [3.63, 3.8) is 0 Å². The number of hydrogen-bond donors (Lipinski definition) is 0. The molecule has 9 nitrogen and oxygen atoms in total. The van der Waals surface area contributed by atoms with Crippen molar-refractivity contribution in [3.05, 3.63) is 58.9 Å². The molecular formula is C28H25ClN4O5. The van der Waals surface area contributed by atoms with Gasteiger partial charge in [0, 0.05) is 51.0 Å². The zero-order valence-corrected chi connectivity index (χ0v) is 21.9. The van der Waals surface area contributed by atoms with Gasteiger partial charge in [-0.15, -0.1) is 0 Å². The van der Waals surface area contributed by atoms with Crippen LogP contribution in [0.4, 0.5) is 0 Å². The van der Waals surface area contributed by atoms with Crippen LogP contribution in [0.15, 0.2) is 47.1 Å². The second-order valence-electron chi connectivity index (χ2n) is 9.03. The van der Waals surface area contributed by atoms with E-state index in [4.69, 9.17) is 30.2 Å². The summed E-state index contributed by atoms with van der Waals surface area (Å²) in [7, 11) is 4.83. The summed E-state index contributed by atoms with van der Waals surface area (Å²) in [4.78, 5) is 22.7. The molecule has 10 heteroatoms. The molecule has 194 valence electrons. The zero-order chi connectivity index (χ0) is 26.8. The summed E-state index contributed by atoms with van der Waals surface area (Å²) in [5.41, 5.74) is 3.47. The summed E-state index contributed by atoms with van der Waals surface area (Å²) in [6, 6.07) is 10.9. The largest absolute Gasteiger partial charge is 0.494 e. The van der Waals surface area contributed by atoms with Gasteiger partial charge >= 0.3 is 0 Å². The van der Waals surface area contributed by atoms with Gasteiger partial charge in [-0.3, -0.25) is 9.78 Å². The number of aromatic nitrogens is 2. The molecular weight excluding hydrogens is 508 g/mol. The van der Waals surface area contributed by atoms with Crippen LogP contribution in [0.25, 0.3) is 33.7 Å². The lowest BCUT2D eigenvalue weighted by molar-refractivity contribution is 0.0254. The Balaban J connectivity index is 1.55. The number of pyridine rings is 2. The molecule has 3 aromatic heterocycles. The molecule has 0 N–H and O–H groups in total. The van der Waals surface area contributed by atoms with E-state index in [2.05, 4.69) is 16.0 Å². The normalized spacial score (nSPS) is 13.8. The molecule has 1 aliphatic rings. The van der Waals surface area contributed by atoms with Crippen molar-refractivity contribution in [2.75, 3.05) is 34.4 Å². The van der Waals surface area contributed by atoms with Crippen LogP contribution in [0.5, 0.6) is 11.5 Å². The topological polar surface area (TPSA) is 111 Å². The smallest absolute Gasteiger partial charge is 0.255 e. The molecule has 0 bridgehead atoms. The number of methoxy groups -OCH3 is 1. The van der Waals surface area contributed by atoms with E-state index >= 15 is 0 Å². The first kappa shape index (κ1) is 25.5. The molecule has 5 rings (SSSR count). The van der Waals surface area contributed by atoms with Crippen LogP contribution in [0.2, 0.25) is 5.02 Å². The van der Waals surface area contributed by atoms with Crippen LogP contribution < -0.4 is 9.47 Å². The van der Waals surface area contributed by atoms with Gasteiger partial charge in [0.25, 0.3) is 5.91 Å². The Labute approximate surface area is 224 Å². The number of carbonyl (C=O) groups excluding carboxylic acids is 1. The molecule has 38 heavy (non-hydrogen) atoms. The van der Waals surface area contributed by atoms with E-state index < -0.39 is 0 Å². The van der Waals surface area contributed by atoms with Crippen LogP contribution in [0, 0.1) is 11.3 Å². The number of benzene rings is 1. The number of furan rings is 1. The minimum atomic E-state index is -0.194. The lowest BCUT2D eigenvalue weighted by Gasteiger charge is -2.24. The first-order valence-electron chi connectivity index (χ1n) is 12.0. The molecule has 4 heterocycles. The summed E-state index contributed by atoms with van der Waals surface area (Å²) >= 11 is 6.59. The maximum absolute atomic E-state index is 12.4. The lowest BCUT2D eigenvalue weighted by atomic mass is 10.0. The number of nitriles is 1. The monoisotopic (exact) mass is 532 g/mol. The fraction of sp³-hybridized carbons (Fsp3) is 0.286. The fourth-order valence-corrected chi connectivity index (χ4v) is 4.59. The number of carbonyl (C=O) groups is 1. The van der Waals surface area contributed by atoms with Crippen molar-refractivity contribution in [3.8, 4) is 40.1 Å². The Morgan fingerprint density at radius 3 is 2.63 bits per heavy atom. The molecule has 0 atom stereocenters. The highest BCUT2D eigenvalue weighted by molar-refractivity contribution is 6.34. The molecule has 1 saturated heterocycles. The Bertz CT molecular complexity index is 1550. The number of rotatable bonds is 6. The molecule has 1 aliphatic heterocycles. The van der Waals surface area contributed by atoms with Crippen LogP contribution in [-0.4, -0.2) is 61.3 Å². The van der Waals surface area contributed by atoms with Gasteiger partial charge in [-0.1, -0.05) is 17.7 Å². The lowest BCUT2D eigenvalue weighted by Crippen LogP contribution is -2.26. The Morgan fingerprint density at radius 1 is 1.13 bits per heavy atom. The van der Waals surface area contributed by atoms with E-state index in [1.165, 1.54) is 18.2 Å². The van der Waals surface area contributed by atoms with Gasteiger partial charge < -0.3 is 23.5 Å². The molecule has 1 fully saturated rings. The number of amides is 1. The van der Waals surface area contributed by atoms with Crippen LogP contribution in [0.3, 0.4) is 0 Å². The van der Waals surface area contributed by atoms with Gasteiger partial charge in [-0.25, -0.2) is 4.98 Å². The number of ether oxygens (including phenoxy) is 3. The van der Waals surface area contributed by atoms with E-state index in [9.17, 15) is 10.1 Å². The van der Waals surface area contributed by atoms with Crippen molar-refractivity contribution < 1.29 is 23.4 Å². The summed E-state index contributed by atoms with van der Waals surface area (Å²) in [6.45, 7) is 1.29. The molecule has 1 aromatic carbocycles. The number of nitrogens with zero attached hydrogens (tertiary/aromatic N) is 4. The van der Waals surface area contributed by atoms with Crippen molar-refractivity contribution in [1.29, 1.82) is 5.26 Å². The molecule has 1 amide bonds. The molecule has 0 aliphatic carbocycles. The van der Waals surface area contributed by atoms with Gasteiger partial charge in [0.15, 0.2) is 11.3 Å². The van der Waals surface area contributed by atoms with Crippen molar-refractivity contribution in [2.24, 2.45) is 0 Å². The van der Waals surface area contributed by atoms with Gasteiger partial charge in [-0.05, 0) is 23.8 Å². The molecule has 0 saturated carbocycles. The van der Waals surface area contributed by atoms with Crippen molar-refractivity contribution in [1.82, 2.24) is 14.9 Å². The maximum atomic E-state index is 12.4. The number of halogens is 1. The Morgan fingerprint density at radius 2 is 1.92 bits per heavy atom. The van der Waals surface area contributed by atoms with E-state index in [1.54, 1.807) is 44.6 Å². The first-order valence-corrected chi connectivity index (χ1v) is 12.4. The molecule has 0 radical (unpaired) electrons. The van der Waals surface area contributed by atoms with E-state index in [1.807, 2.05) is 6.07 Å². The third-order valence-electron chi connectivity index (χ3n) is 6.31. The Kier molecular flexibility index (Phi) is 7.18. The fourth-order valence-electron chi connectivity index (χ4n) is 4.35. The summed E-state index contributed by atoms with van der Waals surface area (Å²) in [6.07, 6.45) is 4.58. The zero-order valence-electron chi connectivity index (χ0n) is 21.2. The predicted octanol–water partition coefficient (Wildman–Crippen LogP) is 5.35. The average molecular weight is 533 g/mol. The van der Waals surface area contributed by atoms with Gasteiger partial charge in [0.05, 0.1) is 36.5 Å². The number of hydrogen-bond acceptors (Lipinski definition) is 8. The highest BCUT2D eigenvalue weighted by Gasteiger charge is 2.22. The van der Waals surface area contributed by atoms with Crippen molar-refractivity contribution in [2.45, 2.75) is 18.9 Å². The molecule has 0 unspecified atom stereocenters. The maximum Gasteiger partial charge on any atom is 0.255 e. The minimum Gasteiger partial charge on any atom is -0.494 e. The highest BCUT2D eigenvalue weighted by Crippen LogP contribution is 2.40. The van der Waals surface area contributed by atoms with Crippen LogP contribution in [-0.2, 0) is 4.74 Å². The first-order chi connectivity index (χ1) is 18.4. The molecule has 4 aromatic rings. The second-order valence-corrected chi connectivity index (χ2v) is 9.44. The third kappa shape index (κ3) is 4.88. The van der Waals surface area contributed by atoms with Crippen molar-refractivity contribution >= 4 is 28.6 Å². The summed E-state index contributed by atoms with van der Waals surface area (Å²) < 4.78 is 23.2. The second kappa shape index (κ2) is 10.7. The van der Waals surface area contributed by atoms with Crippen LogP contribution in [0.1, 0.15) is 28.8 Å². The van der Waals surface area contributed by atoms with E-state index in [-0.39, 0.29) is 12.0 Å². The van der Waals surface area contributed by atoms with Gasteiger partial charge in [0.2, 0.25) is 0 Å². The minimum absolute atomic E-state index is 0.00689. The van der Waals surface area contributed by atoms with Gasteiger partial charge in [-0.2, -0.15) is 5.26 Å². The van der Waals surface area contributed by atoms with Crippen LogP contribution >= 0.6 is 11.6 Å². The predicted molar refractivity (Wildman–Crippen MR) is 141 cm³/mol. The Hall–Kier alpha value is -4.13. The number of fused-ring (bicyclic) bond motifs is 1. The average Bonchev–Trinajstić information content (AvgIpc) is 3.37. The quantitative estimate of drug-likeness (QED) is 0.327. The summed E-state index contributed by atoms with van der Waals surface area (Å²) in [5.74, 6) is 1.11.